The molecule has 0 saturated heterocycles. The number of likely N-dealkylation sites (N-methyl/N-ethyl adjacent to an activating group) is 1. The van der Waals surface area contributed by atoms with Crippen LogP contribution < -0.4 is 5.73 Å². The number of hydrogen-bond donors (Lipinski definition) is 1. The molecule has 2 nitrogen and oxygen atoms in total. The molecule has 0 aliphatic heterocycles. The van der Waals surface area contributed by atoms with Gasteiger partial charge in [-0.05, 0) is 36.7 Å². The van der Waals surface area contributed by atoms with Crippen LogP contribution in [0.1, 0.15) is 12.5 Å². The SMILES string of the molecule is CC(N)CN(C)CCc1ccc2ccccc2c1. The Morgan fingerprint density at radius 3 is 2.56 bits per heavy atom. The Morgan fingerprint density at radius 1 is 1.11 bits per heavy atom. The molecule has 0 bridgehead atoms. The molecule has 0 aromatic heterocycles. The van der Waals surface area contributed by atoms with Gasteiger partial charge >= 0.3 is 0 Å². The summed E-state index contributed by atoms with van der Waals surface area (Å²) in [6.07, 6.45) is 1.08. The van der Waals surface area contributed by atoms with Crippen molar-refractivity contribution in [3.63, 3.8) is 0 Å². The van der Waals surface area contributed by atoms with E-state index < -0.39 is 0 Å². The smallest absolute Gasteiger partial charge is 0.0139 e. The fourth-order valence-electron chi connectivity index (χ4n) is 2.30. The lowest BCUT2D eigenvalue weighted by Gasteiger charge is -2.18. The first-order valence-electron chi connectivity index (χ1n) is 6.57. The Bertz CT molecular complexity index is 505. The van der Waals surface area contributed by atoms with E-state index in [2.05, 4.69) is 54.4 Å². The van der Waals surface area contributed by atoms with Crippen LogP contribution in [-0.4, -0.2) is 31.1 Å². The third-order valence-electron chi connectivity index (χ3n) is 3.20. The van der Waals surface area contributed by atoms with Crippen LogP contribution in [0, 0.1) is 0 Å². The molecular formula is C16H22N2. The van der Waals surface area contributed by atoms with E-state index in [1.54, 1.807) is 0 Å². The molecule has 2 rings (SSSR count). The minimum absolute atomic E-state index is 0.242. The van der Waals surface area contributed by atoms with Crippen molar-refractivity contribution in [1.82, 2.24) is 4.90 Å². The van der Waals surface area contributed by atoms with Crippen molar-refractivity contribution in [2.75, 3.05) is 20.1 Å². The van der Waals surface area contributed by atoms with Crippen molar-refractivity contribution in [3.8, 4) is 0 Å². The standard InChI is InChI=1S/C16H22N2/c1-13(17)12-18(2)10-9-14-7-8-15-5-3-4-6-16(15)11-14/h3-8,11,13H,9-10,12,17H2,1-2H3. The third kappa shape index (κ3) is 3.56. The molecule has 0 fully saturated rings. The predicted octanol–water partition coefficient (Wildman–Crippen LogP) is 2.66. The van der Waals surface area contributed by atoms with E-state index in [4.69, 9.17) is 5.73 Å². The van der Waals surface area contributed by atoms with Crippen molar-refractivity contribution in [2.45, 2.75) is 19.4 Å². The highest BCUT2D eigenvalue weighted by atomic mass is 15.1. The zero-order valence-corrected chi connectivity index (χ0v) is 11.3. The van der Waals surface area contributed by atoms with Gasteiger partial charge in [-0.1, -0.05) is 42.5 Å². The van der Waals surface area contributed by atoms with E-state index in [1.807, 2.05) is 6.92 Å². The van der Waals surface area contributed by atoms with Crippen LogP contribution in [0.25, 0.3) is 10.8 Å². The maximum atomic E-state index is 5.80. The van der Waals surface area contributed by atoms with Gasteiger partial charge in [0.05, 0.1) is 0 Å². The molecule has 0 aliphatic carbocycles. The van der Waals surface area contributed by atoms with Crippen LogP contribution in [0.5, 0.6) is 0 Å². The third-order valence-corrected chi connectivity index (χ3v) is 3.20. The first-order chi connectivity index (χ1) is 8.65. The predicted molar refractivity (Wildman–Crippen MR) is 78.8 cm³/mol. The lowest BCUT2D eigenvalue weighted by molar-refractivity contribution is 0.321. The maximum absolute atomic E-state index is 5.80. The number of nitrogens with zero attached hydrogens (tertiary/aromatic N) is 1. The van der Waals surface area contributed by atoms with Gasteiger partial charge in [-0.3, -0.25) is 0 Å². The molecule has 2 N–H and O–H groups in total. The average Bonchev–Trinajstić information content (AvgIpc) is 2.35. The molecule has 96 valence electrons. The molecule has 0 spiro atoms. The highest BCUT2D eigenvalue weighted by Gasteiger charge is 2.02. The van der Waals surface area contributed by atoms with Crippen molar-refractivity contribution in [3.05, 3.63) is 48.0 Å². The van der Waals surface area contributed by atoms with E-state index in [-0.39, 0.29) is 6.04 Å². The average molecular weight is 242 g/mol. The summed E-state index contributed by atoms with van der Waals surface area (Å²) < 4.78 is 0. The second-order valence-corrected chi connectivity index (χ2v) is 5.17. The van der Waals surface area contributed by atoms with Gasteiger partial charge in [-0.2, -0.15) is 0 Å². The van der Waals surface area contributed by atoms with Gasteiger partial charge in [0.1, 0.15) is 0 Å². The highest BCUT2D eigenvalue weighted by Crippen LogP contribution is 2.16. The lowest BCUT2D eigenvalue weighted by Crippen LogP contribution is -2.34. The van der Waals surface area contributed by atoms with Gasteiger partial charge in [0.2, 0.25) is 0 Å². The normalized spacial score (nSPS) is 13.1. The van der Waals surface area contributed by atoms with Gasteiger partial charge in [-0.25, -0.2) is 0 Å². The zero-order chi connectivity index (χ0) is 13.0. The molecule has 0 aliphatic rings. The Morgan fingerprint density at radius 2 is 1.83 bits per heavy atom. The summed E-state index contributed by atoms with van der Waals surface area (Å²) in [6, 6.07) is 15.5. The first-order valence-corrected chi connectivity index (χ1v) is 6.57. The molecule has 18 heavy (non-hydrogen) atoms. The van der Waals surface area contributed by atoms with Crippen molar-refractivity contribution in [1.29, 1.82) is 0 Å². The summed E-state index contributed by atoms with van der Waals surface area (Å²) in [5, 5.41) is 2.63. The minimum atomic E-state index is 0.242. The second kappa shape index (κ2) is 5.98. The molecule has 2 aromatic rings. The maximum Gasteiger partial charge on any atom is 0.0139 e. The summed E-state index contributed by atoms with van der Waals surface area (Å²) in [4.78, 5) is 2.29. The van der Waals surface area contributed by atoms with E-state index in [0.29, 0.717) is 0 Å². The monoisotopic (exact) mass is 242 g/mol. The number of nitrogens with two attached hydrogens (primary N) is 1. The molecule has 0 amide bonds. The summed E-state index contributed by atoms with van der Waals surface area (Å²) >= 11 is 0. The van der Waals surface area contributed by atoms with E-state index in [9.17, 15) is 0 Å². The number of rotatable bonds is 5. The summed E-state index contributed by atoms with van der Waals surface area (Å²) in [7, 11) is 2.13. The van der Waals surface area contributed by atoms with Crippen molar-refractivity contribution >= 4 is 10.8 Å². The Kier molecular flexibility index (Phi) is 4.34. The van der Waals surface area contributed by atoms with Crippen LogP contribution in [-0.2, 0) is 6.42 Å². The van der Waals surface area contributed by atoms with Gasteiger partial charge in [0, 0.05) is 19.1 Å². The number of fused-ring (bicyclic) bond motifs is 1. The molecule has 0 heterocycles. The summed E-state index contributed by atoms with van der Waals surface area (Å²) in [5.74, 6) is 0. The number of benzene rings is 2. The first kappa shape index (κ1) is 13.1. The molecular weight excluding hydrogens is 220 g/mol. The fraction of sp³-hybridized carbons (Fsp3) is 0.375. The zero-order valence-electron chi connectivity index (χ0n) is 11.3. The largest absolute Gasteiger partial charge is 0.327 e. The molecule has 0 saturated carbocycles. The van der Waals surface area contributed by atoms with Crippen LogP contribution in [0.3, 0.4) is 0 Å². The second-order valence-electron chi connectivity index (χ2n) is 5.17. The summed E-state index contributed by atoms with van der Waals surface area (Å²) in [5.41, 5.74) is 7.19. The van der Waals surface area contributed by atoms with E-state index in [1.165, 1.54) is 16.3 Å². The molecule has 2 aromatic carbocycles. The van der Waals surface area contributed by atoms with Gasteiger partial charge in [-0.15, -0.1) is 0 Å². The molecule has 1 unspecified atom stereocenters. The molecule has 2 heteroatoms. The van der Waals surface area contributed by atoms with E-state index >= 15 is 0 Å². The van der Waals surface area contributed by atoms with Crippen LogP contribution in [0.15, 0.2) is 42.5 Å². The Hall–Kier alpha value is -1.38. The van der Waals surface area contributed by atoms with Gasteiger partial charge in [0.15, 0.2) is 0 Å². The fourth-order valence-corrected chi connectivity index (χ4v) is 2.30. The Balaban J connectivity index is 1.99. The van der Waals surface area contributed by atoms with Gasteiger partial charge < -0.3 is 10.6 Å². The number of hydrogen-bond acceptors (Lipinski definition) is 2. The molecule has 0 radical (unpaired) electrons. The van der Waals surface area contributed by atoms with Gasteiger partial charge in [0.25, 0.3) is 0 Å². The lowest BCUT2D eigenvalue weighted by atomic mass is 10.1. The van der Waals surface area contributed by atoms with Crippen molar-refractivity contribution < 1.29 is 0 Å². The topological polar surface area (TPSA) is 29.3 Å². The minimum Gasteiger partial charge on any atom is -0.327 e. The van der Waals surface area contributed by atoms with Crippen LogP contribution >= 0.6 is 0 Å². The summed E-state index contributed by atoms with van der Waals surface area (Å²) in [6.45, 7) is 4.06. The highest BCUT2D eigenvalue weighted by molar-refractivity contribution is 5.82. The quantitative estimate of drug-likeness (QED) is 0.873. The van der Waals surface area contributed by atoms with Crippen molar-refractivity contribution in [2.24, 2.45) is 5.73 Å². The van der Waals surface area contributed by atoms with Crippen LogP contribution in [0.4, 0.5) is 0 Å². The van der Waals surface area contributed by atoms with Crippen LogP contribution in [0.2, 0.25) is 0 Å². The Labute approximate surface area is 109 Å². The molecule has 1 atom stereocenters. The van der Waals surface area contributed by atoms with E-state index in [0.717, 1.165) is 19.5 Å².